The van der Waals surface area contributed by atoms with Crippen LogP contribution in [0.15, 0.2) is 80.0 Å². The monoisotopic (exact) mass is 238 g/mol. The first-order valence-electron chi connectivity index (χ1n) is 5.69. The topological polar surface area (TPSA) is 41.8 Å². The van der Waals surface area contributed by atoms with Crippen LogP contribution in [0.1, 0.15) is 0 Å². The Bertz CT molecular complexity index is 525. The second kappa shape index (κ2) is 7.74. The normalized spacial score (nSPS) is 8.67. The van der Waals surface area contributed by atoms with E-state index in [0.717, 1.165) is 5.69 Å². The Morgan fingerprint density at radius 2 is 1.39 bits per heavy atom. The highest BCUT2D eigenvalue weighted by Gasteiger charge is 1.86. The second-order valence-corrected chi connectivity index (χ2v) is 3.48. The molecular weight excluding hydrogens is 220 g/mol. The molecule has 3 aromatic rings. The van der Waals surface area contributed by atoms with E-state index in [1.54, 1.807) is 0 Å². The zero-order valence-corrected chi connectivity index (χ0v) is 10.3. The van der Waals surface area contributed by atoms with Crippen molar-refractivity contribution in [2.45, 2.75) is 0 Å². The summed E-state index contributed by atoms with van der Waals surface area (Å²) in [7, 11) is 0. The number of H-pyrrole nitrogens is 1. The van der Waals surface area contributed by atoms with Gasteiger partial charge in [-0.25, -0.2) is 0 Å². The molecule has 0 aliphatic heterocycles. The largest absolute Gasteiger partial charge is 0.399 e. The summed E-state index contributed by atoms with van der Waals surface area (Å²) in [6, 6.07) is 19.8. The number of rotatable bonds is 0. The number of aromatic nitrogens is 1. The molecule has 2 nitrogen and oxygen atoms in total. The van der Waals surface area contributed by atoms with Gasteiger partial charge in [0.15, 0.2) is 0 Å². The highest BCUT2D eigenvalue weighted by molar-refractivity contribution is 5.78. The van der Waals surface area contributed by atoms with Gasteiger partial charge in [0.2, 0.25) is 0 Å². The van der Waals surface area contributed by atoms with Crippen molar-refractivity contribution in [2.24, 2.45) is 0 Å². The highest BCUT2D eigenvalue weighted by Crippen LogP contribution is 2.09. The molecule has 0 saturated carbocycles. The molecule has 0 bridgehead atoms. The van der Waals surface area contributed by atoms with Gasteiger partial charge in [-0.3, -0.25) is 0 Å². The summed E-state index contributed by atoms with van der Waals surface area (Å²) < 4.78 is 0. The highest BCUT2D eigenvalue weighted by atomic mass is 14.7. The summed E-state index contributed by atoms with van der Waals surface area (Å²) in [6.07, 6.45) is 1.95. The van der Waals surface area contributed by atoms with Gasteiger partial charge in [-0.15, -0.1) is 13.2 Å². The van der Waals surface area contributed by atoms with Gasteiger partial charge in [-0.05, 0) is 29.7 Å². The lowest BCUT2D eigenvalue weighted by atomic mass is 10.3. The van der Waals surface area contributed by atoms with Crippen LogP contribution in [0.2, 0.25) is 0 Å². The third kappa shape index (κ3) is 4.18. The first-order chi connectivity index (χ1) is 8.86. The molecule has 0 spiro atoms. The smallest absolute Gasteiger partial charge is 0.0453 e. The Kier molecular flexibility index (Phi) is 5.84. The predicted octanol–water partition coefficient (Wildman–Crippen LogP) is 4.24. The number of aromatic amines is 1. The van der Waals surface area contributed by atoms with E-state index >= 15 is 0 Å². The minimum atomic E-state index is 0.822. The van der Waals surface area contributed by atoms with Crippen molar-refractivity contribution in [1.29, 1.82) is 0 Å². The molecule has 0 unspecified atom stereocenters. The van der Waals surface area contributed by atoms with Gasteiger partial charge in [-0.2, -0.15) is 0 Å². The standard InChI is InChI=1S/C8H7N.C6H7N.C2H4/c1-2-4-8-7(3-1)5-6-9-8;7-6-4-2-1-3-5-6;1-2/h1-6,9H;1-5H,7H2;1-2H2. The molecule has 0 aliphatic rings. The molecule has 0 aliphatic carbocycles. The molecule has 0 amide bonds. The average Bonchev–Trinajstić information content (AvgIpc) is 2.91. The van der Waals surface area contributed by atoms with E-state index in [1.807, 2.05) is 48.7 Å². The maximum absolute atomic E-state index is 5.36. The molecule has 0 atom stereocenters. The molecule has 0 saturated heterocycles. The lowest BCUT2D eigenvalue weighted by molar-refractivity contribution is 1.48. The molecule has 0 fully saturated rings. The second-order valence-electron chi connectivity index (χ2n) is 3.48. The van der Waals surface area contributed by atoms with Gasteiger partial charge < -0.3 is 10.7 Å². The van der Waals surface area contributed by atoms with Crippen LogP contribution in [0.5, 0.6) is 0 Å². The number of benzene rings is 2. The molecule has 18 heavy (non-hydrogen) atoms. The van der Waals surface area contributed by atoms with Crippen LogP contribution in [0, 0.1) is 0 Å². The SMILES string of the molecule is C=C.Nc1ccccc1.c1ccc2[nH]ccc2c1. The number of nitrogens with one attached hydrogen (secondary N) is 1. The van der Waals surface area contributed by atoms with Crippen LogP contribution in [0.25, 0.3) is 10.9 Å². The third-order valence-corrected chi connectivity index (χ3v) is 2.26. The fraction of sp³-hybridized carbons (Fsp3) is 0. The number of hydrogen-bond donors (Lipinski definition) is 2. The van der Waals surface area contributed by atoms with Crippen LogP contribution >= 0.6 is 0 Å². The maximum Gasteiger partial charge on any atom is 0.0453 e. The van der Waals surface area contributed by atoms with E-state index in [2.05, 4.69) is 36.3 Å². The fourth-order valence-corrected chi connectivity index (χ4v) is 1.45. The lowest BCUT2D eigenvalue weighted by Crippen LogP contribution is -1.79. The Morgan fingerprint density at radius 3 is 1.94 bits per heavy atom. The summed E-state index contributed by atoms with van der Waals surface area (Å²) in [5, 5.41) is 1.28. The Hall–Kier alpha value is -2.48. The van der Waals surface area contributed by atoms with E-state index in [-0.39, 0.29) is 0 Å². The Morgan fingerprint density at radius 1 is 0.778 bits per heavy atom. The van der Waals surface area contributed by atoms with Gasteiger partial charge in [0.05, 0.1) is 0 Å². The third-order valence-electron chi connectivity index (χ3n) is 2.26. The zero-order valence-electron chi connectivity index (χ0n) is 10.3. The Balaban J connectivity index is 0.000000163. The molecule has 2 heteroatoms. The van der Waals surface area contributed by atoms with E-state index in [4.69, 9.17) is 5.73 Å². The molecule has 1 heterocycles. The number of fused-ring (bicyclic) bond motifs is 1. The van der Waals surface area contributed by atoms with E-state index < -0.39 is 0 Å². The first-order valence-corrected chi connectivity index (χ1v) is 5.69. The molecule has 2 aromatic carbocycles. The van der Waals surface area contributed by atoms with Gasteiger partial charge in [0, 0.05) is 17.4 Å². The van der Waals surface area contributed by atoms with Crippen LogP contribution < -0.4 is 5.73 Å². The van der Waals surface area contributed by atoms with Gasteiger partial charge >= 0.3 is 0 Å². The Labute approximate surface area is 108 Å². The van der Waals surface area contributed by atoms with Gasteiger partial charge in [0.1, 0.15) is 0 Å². The number of nitrogens with two attached hydrogens (primary N) is 1. The van der Waals surface area contributed by atoms with Crippen molar-refractivity contribution >= 4 is 16.6 Å². The summed E-state index contributed by atoms with van der Waals surface area (Å²) >= 11 is 0. The molecule has 1 aromatic heterocycles. The fourth-order valence-electron chi connectivity index (χ4n) is 1.45. The minimum Gasteiger partial charge on any atom is -0.399 e. The molecule has 92 valence electrons. The predicted molar refractivity (Wildman–Crippen MR) is 80.4 cm³/mol. The zero-order chi connectivity index (χ0) is 13.2. The van der Waals surface area contributed by atoms with Crippen molar-refractivity contribution in [3.05, 3.63) is 80.0 Å². The number of nitrogen functional groups attached to an aromatic ring is 1. The summed E-state index contributed by atoms with van der Waals surface area (Å²) in [4.78, 5) is 3.12. The van der Waals surface area contributed by atoms with Crippen molar-refractivity contribution < 1.29 is 0 Å². The molecule has 3 rings (SSSR count). The maximum atomic E-state index is 5.36. The van der Waals surface area contributed by atoms with Gasteiger partial charge in [0.25, 0.3) is 0 Å². The first kappa shape index (κ1) is 13.6. The van der Waals surface area contributed by atoms with E-state index in [1.165, 1.54) is 10.9 Å². The number of anilines is 1. The van der Waals surface area contributed by atoms with Crippen LogP contribution in [-0.4, -0.2) is 4.98 Å². The summed E-state index contributed by atoms with van der Waals surface area (Å²) in [6.45, 7) is 6.00. The van der Waals surface area contributed by atoms with Crippen LogP contribution in [-0.2, 0) is 0 Å². The average molecular weight is 238 g/mol. The molecule has 0 radical (unpaired) electrons. The minimum absolute atomic E-state index is 0.822. The number of hydrogen-bond acceptors (Lipinski definition) is 1. The van der Waals surface area contributed by atoms with Crippen LogP contribution in [0.3, 0.4) is 0 Å². The molecular formula is C16H18N2. The van der Waals surface area contributed by atoms with Gasteiger partial charge in [-0.1, -0.05) is 36.4 Å². The van der Waals surface area contributed by atoms with E-state index in [0.29, 0.717) is 0 Å². The summed E-state index contributed by atoms with van der Waals surface area (Å²) in [5.74, 6) is 0. The summed E-state index contributed by atoms with van der Waals surface area (Å²) in [5.41, 5.74) is 7.39. The van der Waals surface area contributed by atoms with Crippen LogP contribution in [0.4, 0.5) is 5.69 Å². The van der Waals surface area contributed by atoms with E-state index in [9.17, 15) is 0 Å². The van der Waals surface area contributed by atoms with Crippen molar-refractivity contribution in [3.8, 4) is 0 Å². The quantitative estimate of drug-likeness (QED) is 0.446. The van der Waals surface area contributed by atoms with Crippen molar-refractivity contribution in [1.82, 2.24) is 4.98 Å². The molecule has 3 N–H and O–H groups in total. The number of para-hydroxylation sites is 2. The van der Waals surface area contributed by atoms with Crippen molar-refractivity contribution in [2.75, 3.05) is 5.73 Å². The van der Waals surface area contributed by atoms with Crippen molar-refractivity contribution in [3.63, 3.8) is 0 Å². The lowest BCUT2D eigenvalue weighted by Gasteiger charge is -1.83.